The smallest absolute Gasteiger partial charge is 0.0619 e. The van der Waals surface area contributed by atoms with Crippen molar-refractivity contribution in [1.82, 2.24) is 0 Å². The second-order valence-corrected chi connectivity index (χ2v) is 7.91. The molecule has 2 atom stereocenters. The minimum atomic E-state index is -0.477. The molecule has 0 spiro atoms. The zero-order valence-electron chi connectivity index (χ0n) is 15.7. The Morgan fingerprint density at radius 2 is 1.55 bits per heavy atom. The van der Waals surface area contributed by atoms with Crippen LogP contribution in [-0.2, 0) is 0 Å². The van der Waals surface area contributed by atoms with Crippen LogP contribution in [0, 0.1) is 11.8 Å². The molecule has 0 fully saturated rings. The van der Waals surface area contributed by atoms with Gasteiger partial charge >= 0.3 is 0 Å². The molecule has 0 aromatic heterocycles. The number of rotatable bonds is 13. The predicted molar refractivity (Wildman–Crippen MR) is 97.0 cm³/mol. The zero-order valence-corrected chi connectivity index (χ0v) is 15.7. The maximum atomic E-state index is 10.4. The van der Waals surface area contributed by atoms with Crippen molar-refractivity contribution < 1.29 is 10.2 Å². The molecule has 0 radical (unpaired) electrons. The first kappa shape index (κ1) is 21.7. The van der Waals surface area contributed by atoms with Gasteiger partial charge in [0.2, 0.25) is 0 Å². The van der Waals surface area contributed by atoms with Crippen LogP contribution in [0.25, 0.3) is 0 Å². The van der Waals surface area contributed by atoms with Gasteiger partial charge in [0, 0.05) is 0 Å². The summed E-state index contributed by atoms with van der Waals surface area (Å²) in [6.45, 7) is 11.1. The maximum absolute atomic E-state index is 10.4. The van der Waals surface area contributed by atoms with Crippen molar-refractivity contribution in [1.29, 1.82) is 0 Å². The van der Waals surface area contributed by atoms with Gasteiger partial charge in [-0.3, -0.25) is 0 Å². The fourth-order valence-corrected chi connectivity index (χ4v) is 2.98. The Morgan fingerprint density at radius 1 is 1.00 bits per heavy atom. The van der Waals surface area contributed by atoms with Crippen molar-refractivity contribution in [2.45, 2.75) is 98.0 Å². The van der Waals surface area contributed by atoms with E-state index in [1.807, 2.05) is 13.0 Å². The third-order valence-corrected chi connectivity index (χ3v) is 4.62. The molecule has 2 heteroatoms. The molecule has 0 aliphatic heterocycles. The van der Waals surface area contributed by atoms with Crippen LogP contribution < -0.4 is 0 Å². The van der Waals surface area contributed by atoms with Crippen LogP contribution in [0.3, 0.4) is 0 Å². The Morgan fingerprint density at radius 3 is 2.09 bits per heavy atom. The van der Waals surface area contributed by atoms with E-state index in [1.54, 1.807) is 0 Å². The van der Waals surface area contributed by atoms with Gasteiger partial charge in [-0.2, -0.15) is 0 Å². The van der Waals surface area contributed by atoms with Crippen LogP contribution in [0.4, 0.5) is 0 Å². The summed E-state index contributed by atoms with van der Waals surface area (Å²) >= 11 is 0. The summed E-state index contributed by atoms with van der Waals surface area (Å²) < 4.78 is 0. The summed E-state index contributed by atoms with van der Waals surface area (Å²) in [4.78, 5) is 0. The molecular formula is C20H40O2. The first-order chi connectivity index (χ1) is 10.3. The van der Waals surface area contributed by atoms with Crippen molar-refractivity contribution in [2.75, 3.05) is 6.61 Å². The highest BCUT2D eigenvalue weighted by molar-refractivity contribution is 4.97. The standard InChI is InChI=1S/C20H40O2/c1-17(2)9-7-14-20(5,22)15-8-12-18(3)10-6-11-19(4)13-16-21/h13,17-18,21-22H,6-12,14-16H2,1-5H3/b19-13+/t18-,20-/m0/s1. The number of hydrogen-bond donors (Lipinski definition) is 2. The van der Waals surface area contributed by atoms with E-state index in [9.17, 15) is 5.11 Å². The van der Waals surface area contributed by atoms with Gasteiger partial charge in [0.1, 0.15) is 0 Å². The fraction of sp³-hybridized carbons (Fsp3) is 0.900. The molecule has 132 valence electrons. The Labute approximate surface area is 139 Å². The lowest BCUT2D eigenvalue weighted by Crippen LogP contribution is -2.24. The summed E-state index contributed by atoms with van der Waals surface area (Å²) in [6.07, 6.45) is 12.0. The molecule has 0 heterocycles. The van der Waals surface area contributed by atoms with Crippen LogP contribution >= 0.6 is 0 Å². The summed E-state index contributed by atoms with van der Waals surface area (Å²) in [5.41, 5.74) is 0.817. The molecule has 2 nitrogen and oxygen atoms in total. The van der Waals surface area contributed by atoms with Crippen molar-refractivity contribution >= 4 is 0 Å². The van der Waals surface area contributed by atoms with E-state index in [2.05, 4.69) is 27.7 Å². The molecule has 0 aromatic carbocycles. The molecule has 0 aliphatic carbocycles. The van der Waals surface area contributed by atoms with E-state index >= 15 is 0 Å². The predicted octanol–water partition coefficient (Wildman–Crippen LogP) is 5.48. The lowest BCUT2D eigenvalue weighted by molar-refractivity contribution is 0.0351. The Kier molecular flexibility index (Phi) is 11.9. The topological polar surface area (TPSA) is 40.5 Å². The minimum Gasteiger partial charge on any atom is -0.392 e. The Hall–Kier alpha value is -0.340. The van der Waals surface area contributed by atoms with Crippen molar-refractivity contribution in [3.63, 3.8) is 0 Å². The maximum Gasteiger partial charge on any atom is 0.0619 e. The summed E-state index contributed by atoms with van der Waals surface area (Å²) in [5, 5.41) is 19.2. The van der Waals surface area contributed by atoms with E-state index in [1.165, 1.54) is 31.3 Å². The molecular weight excluding hydrogens is 272 g/mol. The normalized spacial score (nSPS) is 16.8. The quantitative estimate of drug-likeness (QED) is 0.442. The lowest BCUT2D eigenvalue weighted by Gasteiger charge is -2.24. The molecule has 0 rings (SSSR count). The minimum absolute atomic E-state index is 0.160. The number of aliphatic hydroxyl groups excluding tert-OH is 1. The number of hydrogen-bond acceptors (Lipinski definition) is 2. The molecule has 22 heavy (non-hydrogen) atoms. The van der Waals surface area contributed by atoms with Gasteiger partial charge in [0.25, 0.3) is 0 Å². The van der Waals surface area contributed by atoms with Crippen LogP contribution in [0.15, 0.2) is 11.6 Å². The van der Waals surface area contributed by atoms with Crippen molar-refractivity contribution in [3.8, 4) is 0 Å². The van der Waals surface area contributed by atoms with Crippen LogP contribution in [0.5, 0.6) is 0 Å². The van der Waals surface area contributed by atoms with E-state index in [-0.39, 0.29) is 6.61 Å². The SMILES string of the molecule is C/C(=C\CO)CCC[C@H](C)CCC[C@@](C)(O)CCCC(C)C. The van der Waals surface area contributed by atoms with Crippen molar-refractivity contribution in [3.05, 3.63) is 11.6 Å². The summed E-state index contributed by atoms with van der Waals surface area (Å²) in [7, 11) is 0. The van der Waals surface area contributed by atoms with Crippen molar-refractivity contribution in [2.24, 2.45) is 11.8 Å². The second kappa shape index (κ2) is 12.1. The third-order valence-electron chi connectivity index (χ3n) is 4.62. The summed E-state index contributed by atoms with van der Waals surface area (Å²) in [5.74, 6) is 1.47. The van der Waals surface area contributed by atoms with Gasteiger partial charge < -0.3 is 10.2 Å². The molecule has 0 aromatic rings. The summed E-state index contributed by atoms with van der Waals surface area (Å²) in [6, 6.07) is 0. The van der Waals surface area contributed by atoms with Crippen LogP contribution in [0.1, 0.15) is 92.4 Å². The lowest BCUT2D eigenvalue weighted by atomic mass is 9.88. The molecule has 0 bridgehead atoms. The number of allylic oxidation sites excluding steroid dienone is 1. The first-order valence-electron chi connectivity index (χ1n) is 9.25. The van der Waals surface area contributed by atoms with Gasteiger partial charge in [-0.1, -0.05) is 64.5 Å². The van der Waals surface area contributed by atoms with Gasteiger partial charge in [0.15, 0.2) is 0 Å². The largest absolute Gasteiger partial charge is 0.392 e. The highest BCUT2D eigenvalue weighted by atomic mass is 16.3. The molecule has 0 saturated heterocycles. The third kappa shape index (κ3) is 13.3. The van der Waals surface area contributed by atoms with Crippen LogP contribution in [-0.4, -0.2) is 22.4 Å². The van der Waals surface area contributed by atoms with E-state index in [0.717, 1.165) is 43.9 Å². The van der Waals surface area contributed by atoms with E-state index in [0.29, 0.717) is 0 Å². The molecule has 2 N–H and O–H groups in total. The first-order valence-corrected chi connectivity index (χ1v) is 9.25. The molecule has 0 aliphatic rings. The molecule has 0 saturated carbocycles. The van der Waals surface area contributed by atoms with Gasteiger partial charge in [-0.25, -0.2) is 0 Å². The van der Waals surface area contributed by atoms with E-state index < -0.39 is 5.60 Å². The monoisotopic (exact) mass is 312 g/mol. The average Bonchev–Trinajstić information content (AvgIpc) is 2.38. The van der Waals surface area contributed by atoms with Gasteiger partial charge in [-0.05, 0) is 51.4 Å². The average molecular weight is 313 g/mol. The molecule has 0 unspecified atom stereocenters. The zero-order chi connectivity index (χ0) is 17.0. The Balaban J connectivity index is 3.73. The number of aliphatic hydroxyl groups is 2. The van der Waals surface area contributed by atoms with Gasteiger partial charge in [0.05, 0.1) is 12.2 Å². The van der Waals surface area contributed by atoms with E-state index in [4.69, 9.17) is 5.11 Å². The molecule has 0 amide bonds. The highest BCUT2D eigenvalue weighted by Crippen LogP contribution is 2.24. The Bertz CT molecular complexity index is 292. The fourth-order valence-electron chi connectivity index (χ4n) is 2.98. The van der Waals surface area contributed by atoms with Gasteiger partial charge in [-0.15, -0.1) is 0 Å². The second-order valence-electron chi connectivity index (χ2n) is 7.91. The van der Waals surface area contributed by atoms with Crippen LogP contribution in [0.2, 0.25) is 0 Å². The highest BCUT2D eigenvalue weighted by Gasteiger charge is 2.19.